The Kier molecular flexibility index (Phi) is 1.55. The Morgan fingerprint density at radius 2 is 1.80 bits per heavy atom. The molecule has 1 heteroatoms. The molecule has 0 aromatic heterocycles. The first-order valence-corrected chi connectivity index (χ1v) is 5.32. The average molecular weight is 196 g/mol. The van der Waals surface area contributed by atoms with E-state index < -0.39 is 0 Å². The summed E-state index contributed by atoms with van der Waals surface area (Å²) in [6, 6.07) is 12.9. The van der Waals surface area contributed by atoms with Gasteiger partial charge in [-0.2, -0.15) is 0 Å². The fourth-order valence-electron chi connectivity index (χ4n) is 2.42. The predicted octanol–water partition coefficient (Wildman–Crippen LogP) is 1.91. The molecule has 1 heterocycles. The van der Waals surface area contributed by atoms with Crippen LogP contribution in [0.5, 0.6) is 0 Å². The van der Waals surface area contributed by atoms with E-state index in [9.17, 15) is 0 Å². The number of benzene rings is 2. The van der Waals surface area contributed by atoms with E-state index >= 15 is 0 Å². The van der Waals surface area contributed by atoms with Crippen molar-refractivity contribution in [3.63, 3.8) is 0 Å². The number of fused-ring (bicyclic) bond motifs is 3. The van der Waals surface area contributed by atoms with E-state index in [0.29, 0.717) is 0 Å². The fraction of sp³-hybridized carbons (Fsp3) is 0.214. The molecule has 74 valence electrons. The van der Waals surface area contributed by atoms with Crippen molar-refractivity contribution in [2.75, 3.05) is 0 Å². The van der Waals surface area contributed by atoms with E-state index in [1.807, 2.05) is 0 Å². The highest BCUT2D eigenvalue weighted by Crippen LogP contribution is 2.34. The summed E-state index contributed by atoms with van der Waals surface area (Å²) < 4.78 is 0. The van der Waals surface area contributed by atoms with Crippen molar-refractivity contribution in [3.05, 3.63) is 42.0 Å². The summed E-state index contributed by atoms with van der Waals surface area (Å²) in [6.07, 6.45) is 2.17. The molecule has 0 radical (unpaired) electrons. The Morgan fingerprint density at radius 3 is 2.67 bits per heavy atom. The minimum atomic E-state index is 0.121. The van der Waals surface area contributed by atoms with Crippen molar-refractivity contribution in [2.24, 2.45) is 0 Å². The Balaban J connectivity index is 2.46. The number of hydrogen-bond donors (Lipinski definition) is 1. The molecule has 1 aliphatic heterocycles. The second kappa shape index (κ2) is 2.69. The van der Waals surface area contributed by atoms with Crippen molar-refractivity contribution < 1.29 is 4.99 Å². The summed E-state index contributed by atoms with van der Waals surface area (Å²) in [5.41, 5.74) is 2.79. The average Bonchev–Trinajstić information content (AvgIpc) is 2.55. The van der Waals surface area contributed by atoms with Crippen molar-refractivity contribution in [3.8, 4) is 0 Å². The maximum absolute atomic E-state index is 3.36. The SMILES string of the molecule is CC1(C)C=[NH+]c2ccc3ccccc3c21. The van der Waals surface area contributed by atoms with Gasteiger partial charge in [-0.05, 0) is 30.7 Å². The monoisotopic (exact) mass is 196 g/mol. The lowest BCUT2D eigenvalue weighted by Gasteiger charge is -2.13. The maximum atomic E-state index is 3.36. The quantitative estimate of drug-likeness (QED) is 0.661. The smallest absolute Gasteiger partial charge is 0.208 e. The van der Waals surface area contributed by atoms with Crippen LogP contribution in [0, 0.1) is 0 Å². The van der Waals surface area contributed by atoms with Crippen LogP contribution in [0.2, 0.25) is 0 Å². The Bertz CT molecular complexity index is 565. The van der Waals surface area contributed by atoms with Gasteiger partial charge in [0.05, 0.1) is 5.41 Å². The van der Waals surface area contributed by atoms with Crippen LogP contribution in [0.1, 0.15) is 19.4 Å². The summed E-state index contributed by atoms with van der Waals surface area (Å²) >= 11 is 0. The van der Waals surface area contributed by atoms with E-state index in [1.54, 1.807) is 0 Å². The molecule has 0 bridgehead atoms. The van der Waals surface area contributed by atoms with Gasteiger partial charge in [0.1, 0.15) is 0 Å². The van der Waals surface area contributed by atoms with Gasteiger partial charge in [0.25, 0.3) is 0 Å². The van der Waals surface area contributed by atoms with Gasteiger partial charge in [0, 0.05) is 11.6 Å². The highest BCUT2D eigenvalue weighted by atomic mass is 14.8. The van der Waals surface area contributed by atoms with Crippen molar-refractivity contribution in [1.29, 1.82) is 0 Å². The summed E-state index contributed by atoms with van der Waals surface area (Å²) in [6.45, 7) is 4.50. The van der Waals surface area contributed by atoms with Gasteiger partial charge < -0.3 is 0 Å². The van der Waals surface area contributed by atoms with Gasteiger partial charge >= 0.3 is 0 Å². The van der Waals surface area contributed by atoms with Crippen LogP contribution in [0.25, 0.3) is 10.8 Å². The van der Waals surface area contributed by atoms with E-state index in [2.05, 4.69) is 61.5 Å². The molecule has 1 aliphatic rings. The molecule has 0 unspecified atom stereocenters. The predicted molar refractivity (Wildman–Crippen MR) is 63.7 cm³/mol. The standard InChI is InChI=1S/C14H13N/c1-14(2)9-15-12-8-7-10-5-3-4-6-11(10)13(12)14/h3-9H,1-2H3/p+1. The van der Waals surface area contributed by atoms with E-state index in [1.165, 1.54) is 22.0 Å². The van der Waals surface area contributed by atoms with Crippen LogP contribution >= 0.6 is 0 Å². The van der Waals surface area contributed by atoms with Crippen molar-refractivity contribution in [2.45, 2.75) is 19.3 Å². The molecule has 15 heavy (non-hydrogen) atoms. The van der Waals surface area contributed by atoms with Crippen LogP contribution in [0.15, 0.2) is 36.4 Å². The number of rotatable bonds is 0. The molecule has 0 amide bonds. The molecule has 0 aliphatic carbocycles. The third-order valence-corrected chi connectivity index (χ3v) is 3.16. The number of nitrogens with one attached hydrogen (secondary N) is 1. The summed E-state index contributed by atoms with van der Waals surface area (Å²) in [4.78, 5) is 3.36. The molecule has 2 aromatic rings. The molecular weight excluding hydrogens is 182 g/mol. The van der Waals surface area contributed by atoms with Gasteiger partial charge in [-0.1, -0.05) is 24.3 Å². The highest BCUT2D eigenvalue weighted by molar-refractivity contribution is 5.94. The van der Waals surface area contributed by atoms with Crippen LogP contribution in [-0.4, -0.2) is 6.21 Å². The molecule has 0 saturated heterocycles. The number of hydrogen-bond acceptors (Lipinski definition) is 0. The van der Waals surface area contributed by atoms with Crippen LogP contribution < -0.4 is 4.99 Å². The third kappa shape index (κ3) is 1.13. The lowest BCUT2D eigenvalue weighted by molar-refractivity contribution is -0.344. The molecule has 0 spiro atoms. The zero-order valence-electron chi connectivity index (χ0n) is 9.04. The second-order valence-corrected chi connectivity index (χ2v) is 4.72. The van der Waals surface area contributed by atoms with Gasteiger partial charge in [-0.3, -0.25) is 0 Å². The molecule has 1 nitrogen and oxygen atoms in total. The van der Waals surface area contributed by atoms with Crippen LogP contribution in [0.3, 0.4) is 0 Å². The van der Waals surface area contributed by atoms with E-state index in [-0.39, 0.29) is 5.41 Å². The molecule has 3 rings (SSSR count). The van der Waals surface area contributed by atoms with Crippen LogP contribution in [-0.2, 0) is 5.41 Å². The first kappa shape index (κ1) is 8.66. The second-order valence-electron chi connectivity index (χ2n) is 4.72. The fourth-order valence-corrected chi connectivity index (χ4v) is 2.42. The van der Waals surface area contributed by atoms with E-state index in [4.69, 9.17) is 0 Å². The summed E-state index contributed by atoms with van der Waals surface area (Å²) in [7, 11) is 0. The molecule has 1 N–H and O–H groups in total. The topological polar surface area (TPSA) is 14.0 Å². The third-order valence-electron chi connectivity index (χ3n) is 3.16. The minimum Gasteiger partial charge on any atom is -0.214 e. The molecule has 0 fully saturated rings. The lowest BCUT2D eigenvalue weighted by atomic mass is 9.84. The summed E-state index contributed by atoms with van der Waals surface area (Å²) in [5.74, 6) is 0. The van der Waals surface area contributed by atoms with E-state index in [0.717, 1.165) is 0 Å². The van der Waals surface area contributed by atoms with Gasteiger partial charge in [-0.15, -0.1) is 0 Å². The Labute approximate surface area is 89.5 Å². The van der Waals surface area contributed by atoms with Gasteiger partial charge in [0.15, 0.2) is 6.21 Å². The minimum absolute atomic E-state index is 0.121. The maximum Gasteiger partial charge on any atom is 0.208 e. The Hall–Kier alpha value is -1.63. The molecular formula is C14H14N+. The molecule has 0 atom stereocenters. The largest absolute Gasteiger partial charge is 0.214 e. The summed E-state index contributed by atoms with van der Waals surface area (Å²) in [5, 5.41) is 2.68. The van der Waals surface area contributed by atoms with Gasteiger partial charge in [-0.25, -0.2) is 4.99 Å². The zero-order valence-corrected chi connectivity index (χ0v) is 9.04. The Morgan fingerprint density at radius 1 is 1.00 bits per heavy atom. The zero-order chi connectivity index (χ0) is 10.5. The lowest BCUT2D eigenvalue weighted by Crippen LogP contribution is -2.60. The van der Waals surface area contributed by atoms with Crippen LogP contribution in [0.4, 0.5) is 5.69 Å². The van der Waals surface area contributed by atoms with Crippen molar-refractivity contribution >= 4 is 22.7 Å². The van der Waals surface area contributed by atoms with Crippen molar-refractivity contribution in [1.82, 2.24) is 0 Å². The first-order chi connectivity index (χ1) is 7.18. The molecule has 0 saturated carbocycles. The molecule has 2 aromatic carbocycles. The first-order valence-electron chi connectivity index (χ1n) is 5.32. The van der Waals surface area contributed by atoms with Gasteiger partial charge in [0.2, 0.25) is 5.69 Å². The normalized spacial score (nSPS) is 16.9. The highest BCUT2D eigenvalue weighted by Gasteiger charge is 2.33.